The standard InChI is InChI=1S/C11H24N2/c1-10(2)5-9(6-12)13-8-11(3,4)7-10/h9,13H,5-8,12H2,1-4H3. The number of hydrogen-bond donors (Lipinski definition) is 2. The van der Waals surface area contributed by atoms with Crippen molar-refractivity contribution < 1.29 is 0 Å². The van der Waals surface area contributed by atoms with Crippen LogP contribution < -0.4 is 11.1 Å². The van der Waals surface area contributed by atoms with E-state index in [0.717, 1.165) is 13.1 Å². The normalized spacial score (nSPS) is 32.5. The Kier molecular flexibility index (Phi) is 3.03. The fraction of sp³-hybridized carbons (Fsp3) is 1.00. The summed E-state index contributed by atoms with van der Waals surface area (Å²) in [5.74, 6) is 0. The van der Waals surface area contributed by atoms with Crippen molar-refractivity contribution in [2.75, 3.05) is 13.1 Å². The number of nitrogens with two attached hydrogens (primary N) is 1. The molecule has 0 aliphatic carbocycles. The average Bonchev–Trinajstić information content (AvgIpc) is 2.04. The van der Waals surface area contributed by atoms with E-state index in [9.17, 15) is 0 Å². The van der Waals surface area contributed by atoms with Crippen LogP contribution in [0.2, 0.25) is 0 Å². The molecule has 0 radical (unpaired) electrons. The minimum atomic E-state index is 0.410. The summed E-state index contributed by atoms with van der Waals surface area (Å²) in [5.41, 5.74) is 6.56. The first kappa shape index (κ1) is 11.0. The smallest absolute Gasteiger partial charge is 0.0195 e. The minimum Gasteiger partial charge on any atom is -0.329 e. The van der Waals surface area contributed by atoms with Gasteiger partial charge in [0.25, 0.3) is 0 Å². The molecule has 0 spiro atoms. The molecule has 0 aromatic rings. The molecule has 1 fully saturated rings. The van der Waals surface area contributed by atoms with Gasteiger partial charge in [-0.1, -0.05) is 27.7 Å². The van der Waals surface area contributed by atoms with Crippen molar-refractivity contribution in [2.45, 2.75) is 46.6 Å². The lowest BCUT2D eigenvalue weighted by Crippen LogP contribution is -2.39. The van der Waals surface area contributed by atoms with Gasteiger partial charge in [0.15, 0.2) is 0 Å². The Balaban J connectivity index is 2.69. The minimum absolute atomic E-state index is 0.410. The predicted molar refractivity (Wildman–Crippen MR) is 57.6 cm³/mol. The van der Waals surface area contributed by atoms with Gasteiger partial charge in [0.05, 0.1) is 0 Å². The maximum absolute atomic E-state index is 5.72. The van der Waals surface area contributed by atoms with E-state index in [1.54, 1.807) is 0 Å². The summed E-state index contributed by atoms with van der Waals surface area (Å²) in [6, 6.07) is 0.511. The van der Waals surface area contributed by atoms with Gasteiger partial charge in [-0.15, -0.1) is 0 Å². The lowest BCUT2D eigenvalue weighted by atomic mass is 9.74. The van der Waals surface area contributed by atoms with Crippen LogP contribution in [-0.4, -0.2) is 19.1 Å². The first-order chi connectivity index (χ1) is 5.85. The van der Waals surface area contributed by atoms with Crippen molar-refractivity contribution in [3.8, 4) is 0 Å². The molecule has 13 heavy (non-hydrogen) atoms. The molecular weight excluding hydrogens is 160 g/mol. The van der Waals surface area contributed by atoms with Crippen molar-refractivity contribution in [1.29, 1.82) is 0 Å². The van der Waals surface area contributed by atoms with Crippen LogP contribution in [0.1, 0.15) is 40.5 Å². The highest BCUT2D eigenvalue weighted by Crippen LogP contribution is 2.38. The third-order valence-corrected chi connectivity index (χ3v) is 2.91. The van der Waals surface area contributed by atoms with E-state index in [4.69, 9.17) is 5.73 Å². The van der Waals surface area contributed by atoms with E-state index in [1.165, 1.54) is 12.8 Å². The molecule has 0 bridgehead atoms. The van der Waals surface area contributed by atoms with Crippen molar-refractivity contribution in [2.24, 2.45) is 16.6 Å². The Morgan fingerprint density at radius 1 is 1.23 bits per heavy atom. The second kappa shape index (κ2) is 3.58. The highest BCUT2D eigenvalue weighted by molar-refractivity contribution is 4.89. The number of rotatable bonds is 1. The van der Waals surface area contributed by atoms with Gasteiger partial charge in [0, 0.05) is 19.1 Å². The fourth-order valence-electron chi connectivity index (χ4n) is 2.76. The molecule has 1 aliphatic rings. The van der Waals surface area contributed by atoms with Crippen LogP contribution in [0.15, 0.2) is 0 Å². The van der Waals surface area contributed by atoms with E-state index in [1.807, 2.05) is 0 Å². The van der Waals surface area contributed by atoms with Crippen LogP contribution in [-0.2, 0) is 0 Å². The van der Waals surface area contributed by atoms with Crippen molar-refractivity contribution in [1.82, 2.24) is 5.32 Å². The van der Waals surface area contributed by atoms with Crippen LogP contribution in [0.3, 0.4) is 0 Å². The van der Waals surface area contributed by atoms with Gasteiger partial charge >= 0.3 is 0 Å². The van der Waals surface area contributed by atoms with Crippen molar-refractivity contribution in [3.63, 3.8) is 0 Å². The Morgan fingerprint density at radius 2 is 1.85 bits per heavy atom. The molecular formula is C11H24N2. The van der Waals surface area contributed by atoms with Crippen molar-refractivity contribution in [3.05, 3.63) is 0 Å². The van der Waals surface area contributed by atoms with Gasteiger partial charge < -0.3 is 11.1 Å². The average molecular weight is 184 g/mol. The molecule has 1 heterocycles. The summed E-state index contributed by atoms with van der Waals surface area (Å²) in [4.78, 5) is 0. The zero-order chi connectivity index (χ0) is 10.1. The summed E-state index contributed by atoms with van der Waals surface area (Å²) in [5, 5.41) is 3.55. The molecule has 1 atom stereocenters. The highest BCUT2D eigenvalue weighted by Gasteiger charge is 2.34. The van der Waals surface area contributed by atoms with Gasteiger partial charge in [0.1, 0.15) is 0 Å². The zero-order valence-corrected chi connectivity index (χ0v) is 9.48. The summed E-state index contributed by atoms with van der Waals surface area (Å²) in [6.07, 6.45) is 2.48. The molecule has 1 rings (SSSR count). The second-order valence-corrected chi connectivity index (χ2v) is 6.02. The van der Waals surface area contributed by atoms with Crippen LogP contribution >= 0.6 is 0 Å². The first-order valence-corrected chi connectivity index (χ1v) is 5.28. The molecule has 0 saturated carbocycles. The molecule has 0 aromatic carbocycles. The topological polar surface area (TPSA) is 38.0 Å². The third-order valence-electron chi connectivity index (χ3n) is 2.91. The van der Waals surface area contributed by atoms with Gasteiger partial charge in [-0.05, 0) is 23.7 Å². The van der Waals surface area contributed by atoms with Gasteiger partial charge in [-0.2, -0.15) is 0 Å². The van der Waals surface area contributed by atoms with E-state index in [-0.39, 0.29) is 0 Å². The maximum atomic E-state index is 5.72. The first-order valence-electron chi connectivity index (χ1n) is 5.28. The summed E-state index contributed by atoms with van der Waals surface area (Å²) in [6.45, 7) is 11.2. The Morgan fingerprint density at radius 3 is 2.38 bits per heavy atom. The molecule has 1 saturated heterocycles. The largest absolute Gasteiger partial charge is 0.329 e. The highest BCUT2D eigenvalue weighted by atomic mass is 15.0. The summed E-state index contributed by atoms with van der Waals surface area (Å²) in [7, 11) is 0. The maximum Gasteiger partial charge on any atom is 0.0195 e. The molecule has 2 heteroatoms. The fourth-order valence-corrected chi connectivity index (χ4v) is 2.76. The van der Waals surface area contributed by atoms with Gasteiger partial charge in [-0.3, -0.25) is 0 Å². The molecule has 0 aromatic heterocycles. The van der Waals surface area contributed by atoms with Crippen molar-refractivity contribution >= 4 is 0 Å². The van der Waals surface area contributed by atoms with E-state index >= 15 is 0 Å². The zero-order valence-electron chi connectivity index (χ0n) is 9.48. The molecule has 78 valence electrons. The van der Waals surface area contributed by atoms with E-state index < -0.39 is 0 Å². The summed E-state index contributed by atoms with van der Waals surface area (Å²) >= 11 is 0. The lowest BCUT2D eigenvalue weighted by Gasteiger charge is -2.31. The van der Waals surface area contributed by atoms with Crippen LogP contribution in [0.5, 0.6) is 0 Å². The SMILES string of the molecule is CC1(C)CNC(CN)CC(C)(C)C1. The third kappa shape index (κ3) is 3.28. The monoisotopic (exact) mass is 184 g/mol. The Bertz CT molecular complexity index is 173. The quantitative estimate of drug-likeness (QED) is 0.651. The lowest BCUT2D eigenvalue weighted by molar-refractivity contribution is 0.209. The van der Waals surface area contributed by atoms with Crippen LogP contribution in [0.25, 0.3) is 0 Å². The van der Waals surface area contributed by atoms with Crippen LogP contribution in [0, 0.1) is 10.8 Å². The Labute approximate surface area is 82.3 Å². The second-order valence-electron chi connectivity index (χ2n) is 6.02. The van der Waals surface area contributed by atoms with E-state index in [2.05, 4.69) is 33.0 Å². The molecule has 0 amide bonds. The molecule has 3 N–H and O–H groups in total. The van der Waals surface area contributed by atoms with Gasteiger partial charge in [0.2, 0.25) is 0 Å². The molecule has 1 aliphatic heterocycles. The van der Waals surface area contributed by atoms with E-state index in [0.29, 0.717) is 16.9 Å². The van der Waals surface area contributed by atoms with Crippen LogP contribution in [0.4, 0.5) is 0 Å². The number of hydrogen-bond acceptors (Lipinski definition) is 2. The van der Waals surface area contributed by atoms with Gasteiger partial charge in [-0.25, -0.2) is 0 Å². The Hall–Kier alpha value is -0.0800. The summed E-state index contributed by atoms with van der Waals surface area (Å²) < 4.78 is 0. The molecule has 2 nitrogen and oxygen atoms in total. The number of nitrogens with one attached hydrogen (secondary N) is 1. The predicted octanol–water partition coefficient (Wildman–Crippen LogP) is 1.75. The molecule has 1 unspecified atom stereocenters.